The number of alkyl halides is 3. The van der Waals surface area contributed by atoms with Crippen LogP contribution in [0.25, 0.3) is 0 Å². The van der Waals surface area contributed by atoms with Crippen LogP contribution in [0.1, 0.15) is 47.6 Å². The Morgan fingerprint density at radius 2 is 1.84 bits per heavy atom. The number of hydrogen-bond donors (Lipinski definition) is 2. The molecule has 2 fully saturated rings. The highest BCUT2D eigenvalue weighted by molar-refractivity contribution is 5.94. The number of amides is 1. The third kappa shape index (κ3) is 4.44. The van der Waals surface area contributed by atoms with Gasteiger partial charge in [-0.1, -0.05) is 49.2 Å². The molecule has 3 aromatic carbocycles. The molecule has 1 amide bonds. The molecule has 7 rings (SSSR count). The number of aromatic hydroxyl groups is 1. The highest BCUT2D eigenvalue weighted by Crippen LogP contribution is 2.67. The van der Waals surface area contributed by atoms with Crippen molar-refractivity contribution in [3.05, 3.63) is 94.5 Å². The summed E-state index contributed by atoms with van der Waals surface area (Å²) in [5, 5.41) is 23.9. The van der Waals surface area contributed by atoms with Gasteiger partial charge in [-0.2, -0.15) is 13.2 Å². The maximum absolute atomic E-state index is 13.5. The smallest absolute Gasteiger partial charge is 0.416 e. The topological polar surface area (TPSA) is 73.2 Å². The molecule has 1 spiro atoms. The van der Waals surface area contributed by atoms with Crippen molar-refractivity contribution in [1.29, 1.82) is 0 Å². The van der Waals surface area contributed by atoms with Gasteiger partial charge in [-0.25, -0.2) is 0 Å². The first kappa shape index (κ1) is 29.7. The lowest BCUT2D eigenvalue weighted by molar-refractivity contribution is -0.223. The molecule has 6 atom stereocenters. The normalized spacial score (nSPS) is 29.6. The van der Waals surface area contributed by atoms with Crippen LogP contribution in [0, 0.1) is 17.8 Å². The van der Waals surface area contributed by atoms with Gasteiger partial charge in [0, 0.05) is 36.7 Å². The zero-order valence-corrected chi connectivity index (χ0v) is 25.1. The second kappa shape index (κ2) is 10.5. The van der Waals surface area contributed by atoms with E-state index in [-0.39, 0.29) is 17.7 Å². The van der Waals surface area contributed by atoms with Crippen molar-refractivity contribution in [3.63, 3.8) is 0 Å². The van der Waals surface area contributed by atoms with E-state index in [1.54, 1.807) is 18.0 Å². The fraction of sp³-hybridized carbons (Fsp3) is 0.417. The Balaban J connectivity index is 1.21. The van der Waals surface area contributed by atoms with Gasteiger partial charge in [0.1, 0.15) is 6.10 Å². The fourth-order valence-electron chi connectivity index (χ4n) is 8.69. The Hall–Kier alpha value is -4.00. The standard InChI is InChI=1S/C36H35F3N2O4/c1-22-20-27(40(2)30(43)15-10-24-8-12-26(13-9-24)36(37,38)39)33-34-17-19-41(18-16-23-6-4-3-5-7-23)29(35(22,34)44)21-25-11-14-28(42)32(45-33)31(25)34/h3-9,11-14,22,27,29,33,42,44H,16-21H2,1-2H3/t22-,27+,29+,33+,34-,35+/m0/s1. The molecule has 9 heteroatoms. The molecule has 0 unspecified atom stereocenters. The Labute approximate surface area is 260 Å². The van der Waals surface area contributed by atoms with Crippen molar-refractivity contribution < 1.29 is 32.9 Å². The highest BCUT2D eigenvalue weighted by Gasteiger charge is 2.75. The molecule has 2 N–H and O–H groups in total. The third-order valence-corrected chi connectivity index (χ3v) is 10.8. The molecule has 2 aliphatic carbocycles. The predicted molar refractivity (Wildman–Crippen MR) is 162 cm³/mol. The van der Waals surface area contributed by atoms with Gasteiger partial charge in [0.2, 0.25) is 0 Å². The number of benzene rings is 3. The van der Waals surface area contributed by atoms with Gasteiger partial charge in [-0.15, -0.1) is 0 Å². The van der Waals surface area contributed by atoms with Crippen molar-refractivity contribution in [2.45, 2.75) is 68.0 Å². The van der Waals surface area contributed by atoms with Crippen LogP contribution in [0.2, 0.25) is 0 Å². The van der Waals surface area contributed by atoms with Crippen molar-refractivity contribution in [2.75, 3.05) is 20.1 Å². The predicted octanol–water partition coefficient (Wildman–Crippen LogP) is 4.93. The average Bonchev–Trinajstić information content (AvgIpc) is 3.38. The number of aliphatic hydroxyl groups is 1. The van der Waals surface area contributed by atoms with E-state index in [0.717, 1.165) is 42.8 Å². The Morgan fingerprint density at radius 1 is 1.11 bits per heavy atom. The molecule has 45 heavy (non-hydrogen) atoms. The Kier molecular flexibility index (Phi) is 6.95. The maximum atomic E-state index is 13.5. The average molecular weight is 617 g/mol. The maximum Gasteiger partial charge on any atom is 0.416 e. The van der Waals surface area contributed by atoms with E-state index in [4.69, 9.17) is 4.74 Å². The number of ether oxygens (including phenoxy) is 1. The van der Waals surface area contributed by atoms with Gasteiger partial charge in [0.05, 0.1) is 22.6 Å². The number of carbonyl (C=O) groups excluding carboxylic acids is 1. The molecular weight excluding hydrogens is 581 g/mol. The number of phenolic OH excluding ortho intramolecular Hbond substituents is 1. The molecule has 1 saturated heterocycles. The zero-order valence-electron chi connectivity index (χ0n) is 25.1. The zero-order chi connectivity index (χ0) is 31.7. The molecule has 1 saturated carbocycles. The van der Waals surface area contributed by atoms with Crippen LogP contribution in [0.15, 0.2) is 66.7 Å². The van der Waals surface area contributed by atoms with Crippen molar-refractivity contribution in [1.82, 2.24) is 9.80 Å². The van der Waals surface area contributed by atoms with Crippen LogP contribution in [0.5, 0.6) is 11.5 Å². The largest absolute Gasteiger partial charge is 0.504 e. The molecule has 2 heterocycles. The van der Waals surface area contributed by atoms with Crippen molar-refractivity contribution in [3.8, 4) is 23.3 Å². The molecule has 0 radical (unpaired) electrons. The molecule has 3 aromatic rings. The van der Waals surface area contributed by atoms with Gasteiger partial charge in [0.25, 0.3) is 5.91 Å². The van der Waals surface area contributed by atoms with Crippen LogP contribution in [-0.4, -0.2) is 69.8 Å². The lowest BCUT2D eigenvalue weighted by Gasteiger charge is -2.66. The van der Waals surface area contributed by atoms with Gasteiger partial charge < -0.3 is 19.8 Å². The fourth-order valence-corrected chi connectivity index (χ4v) is 8.69. The first-order valence-electron chi connectivity index (χ1n) is 15.4. The van der Waals surface area contributed by atoms with Crippen molar-refractivity contribution >= 4 is 5.91 Å². The summed E-state index contributed by atoms with van der Waals surface area (Å²) in [6.45, 7) is 3.57. The van der Waals surface area contributed by atoms with E-state index < -0.39 is 40.8 Å². The number of nitrogens with zero attached hydrogens (tertiary/aromatic N) is 2. The summed E-state index contributed by atoms with van der Waals surface area (Å²) in [5.41, 5.74) is 0.675. The molecule has 234 valence electrons. The Morgan fingerprint density at radius 3 is 2.56 bits per heavy atom. The van der Waals surface area contributed by atoms with E-state index in [0.29, 0.717) is 30.6 Å². The first-order valence-corrected chi connectivity index (χ1v) is 15.4. The molecule has 2 bridgehead atoms. The second-order valence-electron chi connectivity index (χ2n) is 13.0. The van der Waals surface area contributed by atoms with Crippen LogP contribution in [0.3, 0.4) is 0 Å². The van der Waals surface area contributed by atoms with E-state index in [9.17, 15) is 28.2 Å². The van der Waals surface area contributed by atoms with E-state index in [1.807, 2.05) is 31.2 Å². The van der Waals surface area contributed by atoms with Crippen LogP contribution >= 0.6 is 0 Å². The summed E-state index contributed by atoms with van der Waals surface area (Å²) in [4.78, 5) is 17.4. The summed E-state index contributed by atoms with van der Waals surface area (Å²) < 4.78 is 45.5. The molecule has 0 aromatic heterocycles. The molecule has 6 nitrogen and oxygen atoms in total. The summed E-state index contributed by atoms with van der Waals surface area (Å²) >= 11 is 0. The van der Waals surface area contributed by atoms with Gasteiger partial charge in [-0.05, 0) is 79.6 Å². The van der Waals surface area contributed by atoms with E-state index in [2.05, 4.69) is 28.9 Å². The van der Waals surface area contributed by atoms with E-state index in [1.165, 1.54) is 17.7 Å². The summed E-state index contributed by atoms with van der Waals surface area (Å²) in [6.07, 6.45) is -2.51. The number of piperidine rings is 1. The minimum absolute atomic E-state index is 0.0207. The number of halogens is 3. The monoisotopic (exact) mass is 616 g/mol. The number of phenols is 1. The number of likely N-dealkylation sites (N-methyl/N-ethyl adjacent to an activating group) is 1. The minimum atomic E-state index is -4.45. The van der Waals surface area contributed by atoms with Gasteiger partial charge in [0.15, 0.2) is 11.5 Å². The minimum Gasteiger partial charge on any atom is -0.504 e. The summed E-state index contributed by atoms with van der Waals surface area (Å²) in [6, 6.07) is 17.7. The first-order chi connectivity index (χ1) is 21.4. The molecule has 4 aliphatic rings. The number of likely N-dealkylation sites (tertiary alicyclic amines) is 1. The second-order valence-corrected chi connectivity index (χ2v) is 13.0. The number of hydrogen-bond acceptors (Lipinski definition) is 5. The molecular formula is C36H35F3N2O4. The quantitative estimate of drug-likeness (QED) is 0.407. The van der Waals surface area contributed by atoms with Crippen LogP contribution in [-0.2, 0) is 29.2 Å². The van der Waals surface area contributed by atoms with Crippen LogP contribution in [0.4, 0.5) is 13.2 Å². The summed E-state index contributed by atoms with van der Waals surface area (Å²) in [7, 11) is 1.66. The highest BCUT2D eigenvalue weighted by atomic mass is 19.4. The third-order valence-electron chi connectivity index (χ3n) is 10.8. The van der Waals surface area contributed by atoms with Gasteiger partial charge >= 0.3 is 6.18 Å². The Bertz CT molecular complexity index is 1700. The molecule has 2 aliphatic heterocycles. The lowest BCUT2D eigenvalue weighted by atomic mass is 9.45. The van der Waals surface area contributed by atoms with Gasteiger partial charge in [-0.3, -0.25) is 9.69 Å². The SMILES string of the molecule is C[C@H]1C[C@@H](N(C)C(=O)C#Cc2ccc(C(F)(F)F)cc2)[C@H]2Oc3c(O)ccc4c3[C@@]23CCN(CCc2ccccc2)[C@H](C4)[C@]13O. The summed E-state index contributed by atoms with van der Waals surface area (Å²) in [5.74, 6) is 5.01. The number of rotatable bonds is 4. The van der Waals surface area contributed by atoms with Crippen LogP contribution < -0.4 is 4.74 Å². The van der Waals surface area contributed by atoms with Crippen molar-refractivity contribution in [2.24, 2.45) is 5.92 Å². The van der Waals surface area contributed by atoms with E-state index >= 15 is 0 Å². The lowest BCUT2D eigenvalue weighted by Crippen LogP contribution is -2.80. The number of carbonyl (C=O) groups is 1.